The van der Waals surface area contributed by atoms with Gasteiger partial charge >= 0.3 is 0 Å². The van der Waals surface area contributed by atoms with Crippen molar-refractivity contribution in [2.75, 3.05) is 5.75 Å². The minimum atomic E-state index is -1.10. The van der Waals surface area contributed by atoms with Gasteiger partial charge < -0.3 is 10.2 Å². The third kappa shape index (κ3) is 2.16. The number of hydrogen-bond donors (Lipinski definition) is 2. The molecule has 0 radical (unpaired) electrons. The topological polar surface area (TPSA) is 40.5 Å². The number of thioether (sulfide) groups is 1. The zero-order valence-electron chi connectivity index (χ0n) is 5.29. The molecule has 0 amide bonds. The van der Waals surface area contributed by atoms with E-state index in [0.29, 0.717) is 0 Å². The van der Waals surface area contributed by atoms with Gasteiger partial charge in [0.25, 0.3) is 0 Å². The maximum atomic E-state index is 8.71. The second kappa shape index (κ2) is 3.44. The molecule has 54 valence electrons. The quantitative estimate of drug-likeness (QED) is 0.534. The maximum absolute atomic E-state index is 8.71. The Labute approximate surface area is 59.3 Å². The second-order valence-corrected chi connectivity index (χ2v) is 3.67. The Bertz CT molecular complexity index is 79.1. The molecule has 0 spiro atoms. The van der Waals surface area contributed by atoms with Crippen molar-refractivity contribution in [3.05, 3.63) is 0 Å². The number of aliphatic hydroxyl groups excluding tert-OH is 1. The molecule has 1 saturated heterocycles. The molecule has 1 unspecified atom stereocenters. The van der Waals surface area contributed by atoms with Gasteiger partial charge in [0.2, 0.25) is 0 Å². The van der Waals surface area contributed by atoms with Crippen LogP contribution in [-0.2, 0) is 0 Å². The third-order valence-corrected chi connectivity index (χ3v) is 2.98. The highest BCUT2D eigenvalue weighted by Crippen LogP contribution is 2.26. The minimum absolute atomic E-state index is 0.0822. The SMILES string of the molecule is OC(O)C1CCCCS1. The van der Waals surface area contributed by atoms with Crippen molar-refractivity contribution in [2.45, 2.75) is 30.8 Å². The third-order valence-electron chi connectivity index (χ3n) is 1.55. The van der Waals surface area contributed by atoms with E-state index in [1.807, 2.05) is 0 Å². The Hall–Kier alpha value is 0.270. The fraction of sp³-hybridized carbons (Fsp3) is 1.00. The summed E-state index contributed by atoms with van der Waals surface area (Å²) < 4.78 is 0. The summed E-state index contributed by atoms with van der Waals surface area (Å²) in [5.74, 6) is 1.09. The second-order valence-electron chi connectivity index (χ2n) is 2.32. The number of rotatable bonds is 1. The molecule has 2 nitrogen and oxygen atoms in total. The average Bonchev–Trinajstić information content (AvgIpc) is 1.90. The Morgan fingerprint density at radius 2 is 2.11 bits per heavy atom. The Kier molecular flexibility index (Phi) is 2.82. The van der Waals surface area contributed by atoms with Crippen LogP contribution in [0, 0.1) is 0 Å². The molecule has 1 heterocycles. The predicted molar refractivity (Wildman–Crippen MR) is 38.3 cm³/mol. The first-order valence-electron chi connectivity index (χ1n) is 3.28. The van der Waals surface area contributed by atoms with E-state index in [0.717, 1.165) is 18.6 Å². The van der Waals surface area contributed by atoms with Crippen LogP contribution in [0.2, 0.25) is 0 Å². The monoisotopic (exact) mass is 148 g/mol. The molecule has 1 atom stereocenters. The zero-order valence-corrected chi connectivity index (χ0v) is 6.10. The summed E-state index contributed by atoms with van der Waals surface area (Å²) in [5.41, 5.74) is 0. The van der Waals surface area contributed by atoms with Crippen LogP contribution in [0.5, 0.6) is 0 Å². The summed E-state index contributed by atoms with van der Waals surface area (Å²) in [7, 11) is 0. The van der Waals surface area contributed by atoms with Crippen LogP contribution in [0.25, 0.3) is 0 Å². The van der Waals surface area contributed by atoms with Crippen LogP contribution in [0.1, 0.15) is 19.3 Å². The van der Waals surface area contributed by atoms with Crippen molar-refractivity contribution in [3.63, 3.8) is 0 Å². The first-order chi connectivity index (χ1) is 4.30. The molecule has 0 saturated carbocycles. The lowest BCUT2D eigenvalue weighted by Gasteiger charge is -2.22. The van der Waals surface area contributed by atoms with Crippen LogP contribution in [0.3, 0.4) is 0 Å². The summed E-state index contributed by atoms with van der Waals surface area (Å²) in [6.07, 6.45) is 2.24. The zero-order chi connectivity index (χ0) is 6.69. The van der Waals surface area contributed by atoms with E-state index < -0.39 is 6.29 Å². The fourth-order valence-corrected chi connectivity index (χ4v) is 2.18. The predicted octanol–water partition coefficient (Wildman–Crippen LogP) is 0.583. The van der Waals surface area contributed by atoms with Gasteiger partial charge in [-0.1, -0.05) is 6.42 Å². The molecule has 0 aromatic carbocycles. The highest BCUT2D eigenvalue weighted by molar-refractivity contribution is 8.00. The van der Waals surface area contributed by atoms with Crippen molar-refractivity contribution in [3.8, 4) is 0 Å². The lowest BCUT2D eigenvalue weighted by Crippen LogP contribution is -2.24. The molecule has 2 N–H and O–H groups in total. The summed E-state index contributed by atoms with van der Waals surface area (Å²) in [5, 5.41) is 17.5. The average molecular weight is 148 g/mol. The molecule has 1 aliphatic rings. The highest BCUT2D eigenvalue weighted by atomic mass is 32.2. The molecule has 0 aliphatic carbocycles. The van der Waals surface area contributed by atoms with Crippen molar-refractivity contribution in [2.24, 2.45) is 0 Å². The molecule has 0 aromatic rings. The molecular formula is C6H12O2S. The van der Waals surface area contributed by atoms with Gasteiger partial charge in [0, 0.05) is 0 Å². The van der Waals surface area contributed by atoms with Gasteiger partial charge in [-0.2, -0.15) is 11.8 Å². The van der Waals surface area contributed by atoms with Crippen molar-refractivity contribution in [1.82, 2.24) is 0 Å². The van der Waals surface area contributed by atoms with E-state index in [1.54, 1.807) is 11.8 Å². The van der Waals surface area contributed by atoms with Gasteiger partial charge in [-0.15, -0.1) is 0 Å². The first-order valence-corrected chi connectivity index (χ1v) is 4.33. The number of hydrogen-bond acceptors (Lipinski definition) is 3. The van der Waals surface area contributed by atoms with Gasteiger partial charge in [0.05, 0.1) is 5.25 Å². The van der Waals surface area contributed by atoms with E-state index >= 15 is 0 Å². The van der Waals surface area contributed by atoms with Crippen molar-refractivity contribution >= 4 is 11.8 Å². The lowest BCUT2D eigenvalue weighted by molar-refractivity contribution is -0.0420. The molecule has 9 heavy (non-hydrogen) atoms. The minimum Gasteiger partial charge on any atom is -0.367 e. The van der Waals surface area contributed by atoms with Gasteiger partial charge in [0.15, 0.2) is 6.29 Å². The molecule has 3 heteroatoms. The van der Waals surface area contributed by atoms with Crippen LogP contribution < -0.4 is 0 Å². The molecule has 1 fully saturated rings. The van der Waals surface area contributed by atoms with E-state index in [-0.39, 0.29) is 5.25 Å². The van der Waals surface area contributed by atoms with Crippen LogP contribution in [0.15, 0.2) is 0 Å². The van der Waals surface area contributed by atoms with Crippen molar-refractivity contribution < 1.29 is 10.2 Å². The molecule has 1 rings (SSSR count). The molecule has 0 bridgehead atoms. The lowest BCUT2D eigenvalue weighted by atomic mass is 10.2. The van der Waals surface area contributed by atoms with Gasteiger partial charge in [0.1, 0.15) is 0 Å². The highest BCUT2D eigenvalue weighted by Gasteiger charge is 2.19. The largest absolute Gasteiger partial charge is 0.367 e. The van der Waals surface area contributed by atoms with Crippen LogP contribution in [-0.4, -0.2) is 27.5 Å². The Balaban J connectivity index is 2.23. The Morgan fingerprint density at radius 3 is 2.44 bits per heavy atom. The summed E-state index contributed by atoms with van der Waals surface area (Å²) in [4.78, 5) is 0. The van der Waals surface area contributed by atoms with Gasteiger partial charge in [-0.25, -0.2) is 0 Å². The van der Waals surface area contributed by atoms with E-state index in [9.17, 15) is 0 Å². The standard InChI is InChI=1S/C6H12O2S/c7-6(8)5-3-1-2-4-9-5/h5-8H,1-4H2. The fourth-order valence-electron chi connectivity index (χ4n) is 1.00. The van der Waals surface area contributed by atoms with Crippen molar-refractivity contribution in [1.29, 1.82) is 0 Å². The first kappa shape index (κ1) is 7.38. The van der Waals surface area contributed by atoms with E-state index in [4.69, 9.17) is 10.2 Å². The Morgan fingerprint density at radius 1 is 1.33 bits per heavy atom. The molecule has 1 aliphatic heterocycles. The van der Waals surface area contributed by atoms with E-state index in [1.165, 1.54) is 6.42 Å². The van der Waals surface area contributed by atoms with Gasteiger partial charge in [-0.3, -0.25) is 0 Å². The molecular weight excluding hydrogens is 136 g/mol. The summed E-state index contributed by atoms with van der Waals surface area (Å²) in [6.45, 7) is 0. The smallest absolute Gasteiger partial charge is 0.163 e. The van der Waals surface area contributed by atoms with Crippen LogP contribution in [0.4, 0.5) is 0 Å². The van der Waals surface area contributed by atoms with Gasteiger partial charge in [-0.05, 0) is 18.6 Å². The number of aliphatic hydroxyl groups is 2. The molecule has 0 aromatic heterocycles. The van der Waals surface area contributed by atoms with Crippen LogP contribution >= 0.6 is 11.8 Å². The summed E-state index contributed by atoms with van der Waals surface area (Å²) >= 11 is 1.67. The normalized spacial score (nSPS) is 29.0. The summed E-state index contributed by atoms with van der Waals surface area (Å²) in [6, 6.07) is 0. The van der Waals surface area contributed by atoms with E-state index in [2.05, 4.69) is 0 Å². The maximum Gasteiger partial charge on any atom is 0.163 e.